The van der Waals surface area contributed by atoms with Gasteiger partial charge in [0.1, 0.15) is 0 Å². The topological polar surface area (TPSA) is 0 Å². The van der Waals surface area contributed by atoms with Gasteiger partial charge in [-0.2, -0.15) is 0 Å². The summed E-state index contributed by atoms with van der Waals surface area (Å²) in [6.45, 7) is 9.58. The molecule has 0 bridgehead atoms. The molecule has 152 valence electrons. The van der Waals surface area contributed by atoms with E-state index in [9.17, 15) is 0 Å². The average Bonchev–Trinajstić information content (AvgIpc) is 3.32. The Labute approximate surface area is 193 Å². The second kappa shape index (κ2) is 8.49. The van der Waals surface area contributed by atoms with E-state index in [-0.39, 0.29) is 24.8 Å². The molecule has 3 heteroatoms. The summed E-state index contributed by atoms with van der Waals surface area (Å²) in [5.74, 6) is 1.10. The van der Waals surface area contributed by atoms with Gasteiger partial charge in [0.05, 0.1) is 0 Å². The van der Waals surface area contributed by atoms with Crippen LogP contribution < -0.4 is 24.8 Å². The van der Waals surface area contributed by atoms with Crippen molar-refractivity contribution in [1.82, 2.24) is 0 Å². The van der Waals surface area contributed by atoms with Crippen LogP contribution in [0.15, 0.2) is 94.2 Å². The molecule has 1 heterocycles. The Morgan fingerprint density at radius 3 is 1.45 bits per heavy atom. The van der Waals surface area contributed by atoms with Crippen molar-refractivity contribution >= 4 is 0 Å². The van der Waals surface area contributed by atoms with E-state index >= 15 is 0 Å². The summed E-state index contributed by atoms with van der Waals surface area (Å²) in [5, 5.41) is 0. The Hall–Kier alpha value is -0.617. The van der Waals surface area contributed by atoms with Gasteiger partial charge >= 0.3 is 170 Å². The van der Waals surface area contributed by atoms with E-state index in [1.54, 1.807) is 41.7 Å². The molecular weight excluding hydrogens is 474 g/mol. The Morgan fingerprint density at radius 1 is 0.655 bits per heavy atom. The standard InChI is InChI=1S/2C12H13.C2H4.2ClH.Zr/c2*1-9-7-11-6-4-3-5-10(2)12(11)8-9;1-2;;;/h2*3-8,10H,1-2H3;1-2H2;2*1H;/q;;;;;+2/p-2. The third-order valence-electron chi connectivity index (χ3n) is 7.50. The van der Waals surface area contributed by atoms with Crippen molar-refractivity contribution in [1.29, 1.82) is 0 Å². The first-order valence-corrected chi connectivity index (χ1v) is 16.9. The SMILES string of the molecule is CC1=CC2=C(C=CC=CC2C)[CH]1[Zr+2]1([CH]2C(C)=CC3=C2C=CC=CC3C)[CH2][CH2]1.[Cl-].[Cl-]. The maximum Gasteiger partial charge on any atom is -1.00 e. The number of hydrogen-bond acceptors (Lipinski definition) is 0. The molecule has 4 aliphatic carbocycles. The summed E-state index contributed by atoms with van der Waals surface area (Å²) in [6, 6.07) is 0. The zero-order valence-corrected chi connectivity index (χ0v) is 21.7. The van der Waals surface area contributed by atoms with Crippen molar-refractivity contribution in [3.63, 3.8) is 0 Å². The molecule has 4 atom stereocenters. The molecule has 0 nitrogen and oxygen atoms in total. The molecule has 0 amide bonds. The van der Waals surface area contributed by atoms with Gasteiger partial charge in [-0.15, -0.1) is 0 Å². The van der Waals surface area contributed by atoms with E-state index in [1.165, 1.54) is 0 Å². The van der Waals surface area contributed by atoms with E-state index in [0.717, 1.165) is 7.25 Å². The smallest absolute Gasteiger partial charge is 1.00 e. The van der Waals surface area contributed by atoms with Gasteiger partial charge in [-0.1, -0.05) is 0 Å². The quantitative estimate of drug-likeness (QED) is 0.536. The van der Waals surface area contributed by atoms with Crippen LogP contribution in [0.4, 0.5) is 0 Å². The van der Waals surface area contributed by atoms with Gasteiger partial charge < -0.3 is 24.8 Å². The molecule has 1 saturated heterocycles. The first-order valence-electron chi connectivity index (χ1n) is 10.6. The number of halogens is 2. The molecule has 0 saturated carbocycles. The van der Waals surface area contributed by atoms with Crippen molar-refractivity contribution < 1.29 is 45.1 Å². The van der Waals surface area contributed by atoms with Crippen LogP contribution in [0.25, 0.3) is 0 Å². The Morgan fingerprint density at radius 2 is 1.07 bits per heavy atom. The van der Waals surface area contributed by atoms with Crippen LogP contribution in [0, 0.1) is 11.8 Å². The van der Waals surface area contributed by atoms with Crippen molar-refractivity contribution in [2.45, 2.75) is 43.2 Å². The van der Waals surface area contributed by atoms with E-state index < -0.39 is 20.3 Å². The summed E-state index contributed by atoms with van der Waals surface area (Å²) in [6.07, 6.45) is 23.8. The van der Waals surface area contributed by atoms with Gasteiger partial charge in [-0.05, 0) is 0 Å². The van der Waals surface area contributed by atoms with Crippen LogP contribution >= 0.6 is 0 Å². The minimum atomic E-state index is -2.37. The second-order valence-electron chi connectivity index (χ2n) is 9.26. The van der Waals surface area contributed by atoms with Crippen LogP contribution in [0.1, 0.15) is 27.7 Å². The monoisotopic (exact) mass is 502 g/mol. The molecular formula is C26H30Cl2Zr. The molecule has 5 aliphatic rings. The van der Waals surface area contributed by atoms with Crippen molar-refractivity contribution in [3.8, 4) is 0 Å². The summed E-state index contributed by atoms with van der Waals surface area (Å²) in [4.78, 5) is 0. The van der Waals surface area contributed by atoms with Gasteiger partial charge in [-0.3, -0.25) is 0 Å². The van der Waals surface area contributed by atoms with Gasteiger partial charge in [0.2, 0.25) is 0 Å². The predicted molar refractivity (Wildman–Crippen MR) is 114 cm³/mol. The summed E-state index contributed by atoms with van der Waals surface area (Å²) in [5.41, 5.74) is 9.92. The first kappa shape index (κ1) is 23.1. The zero-order valence-electron chi connectivity index (χ0n) is 17.8. The molecule has 5 rings (SSSR count). The maximum atomic E-state index is 2.55. The Balaban J connectivity index is 0.00000120. The van der Waals surface area contributed by atoms with Crippen LogP contribution in [0.2, 0.25) is 15.5 Å². The van der Waals surface area contributed by atoms with Gasteiger partial charge in [-0.25, -0.2) is 0 Å². The average molecular weight is 505 g/mol. The van der Waals surface area contributed by atoms with Crippen LogP contribution in [-0.2, 0) is 20.3 Å². The van der Waals surface area contributed by atoms with Crippen LogP contribution in [0.5, 0.6) is 0 Å². The predicted octanol–water partition coefficient (Wildman–Crippen LogP) is 1.61. The third kappa shape index (κ3) is 3.56. The molecule has 1 fully saturated rings. The molecule has 29 heavy (non-hydrogen) atoms. The van der Waals surface area contributed by atoms with Crippen molar-refractivity contribution in [2.24, 2.45) is 11.8 Å². The van der Waals surface area contributed by atoms with Crippen LogP contribution in [0.3, 0.4) is 0 Å². The third-order valence-corrected chi connectivity index (χ3v) is 21.0. The number of hydrogen-bond donors (Lipinski definition) is 0. The van der Waals surface area contributed by atoms with Crippen molar-refractivity contribution in [3.05, 3.63) is 94.2 Å². The molecule has 0 N–H and O–H groups in total. The molecule has 1 aliphatic heterocycles. The largest absolute Gasteiger partial charge is 1.00 e. The molecule has 4 unspecified atom stereocenters. The van der Waals surface area contributed by atoms with Gasteiger partial charge in [0.25, 0.3) is 0 Å². The fraction of sp³-hybridized carbons (Fsp3) is 0.385. The Kier molecular flexibility index (Phi) is 6.75. The maximum absolute atomic E-state index is 2.55. The van der Waals surface area contributed by atoms with E-state index in [2.05, 4.69) is 88.5 Å². The zero-order chi connectivity index (χ0) is 18.8. The van der Waals surface area contributed by atoms with E-state index in [0.29, 0.717) is 11.8 Å². The molecule has 0 spiro atoms. The number of allylic oxidation sites excluding steroid dienone is 16. The van der Waals surface area contributed by atoms with Crippen molar-refractivity contribution in [2.75, 3.05) is 0 Å². The van der Waals surface area contributed by atoms with E-state index in [1.807, 2.05) is 0 Å². The minimum Gasteiger partial charge on any atom is -1.00 e. The van der Waals surface area contributed by atoms with Gasteiger partial charge in [0, 0.05) is 0 Å². The fourth-order valence-electron chi connectivity index (χ4n) is 6.22. The van der Waals surface area contributed by atoms with Gasteiger partial charge in [0.15, 0.2) is 0 Å². The first-order chi connectivity index (χ1) is 13.0. The Bertz CT molecular complexity index is 873. The fourth-order valence-corrected chi connectivity index (χ4v) is 24.0. The summed E-state index contributed by atoms with van der Waals surface area (Å²) < 4.78 is 4.68. The normalized spacial score (nSPS) is 32.1. The number of rotatable bonds is 2. The molecule has 0 aromatic rings. The molecule has 0 aromatic carbocycles. The summed E-state index contributed by atoms with van der Waals surface area (Å²) >= 11 is -2.37. The second-order valence-corrected chi connectivity index (χ2v) is 20.6. The van der Waals surface area contributed by atoms with Crippen LogP contribution in [-0.4, -0.2) is 0 Å². The molecule has 0 aromatic heterocycles. The summed E-state index contributed by atoms with van der Waals surface area (Å²) in [7, 11) is 0. The van der Waals surface area contributed by atoms with E-state index in [4.69, 9.17) is 0 Å². The molecule has 0 radical (unpaired) electrons. The minimum absolute atomic E-state index is 0.